The number of nitrogens with zero attached hydrogens (tertiary/aromatic N) is 2. The molecule has 3 aliphatic heterocycles. The zero-order valence-corrected chi connectivity index (χ0v) is 15.4. The molecule has 5 nitrogen and oxygen atoms in total. The average molecular weight is 354 g/mol. The minimum Gasteiger partial charge on any atom is -0.508 e. The van der Waals surface area contributed by atoms with Crippen molar-refractivity contribution in [3.8, 4) is 5.75 Å². The minimum atomic E-state index is -0.836. The Morgan fingerprint density at radius 2 is 2.19 bits per heavy atom. The SMILES string of the molecule is CCC1C[C@@H]2CN3CCc4c(n(C)c5ccc(O)cc45)[C@](C(=O)O)(C2)C13. The fourth-order valence-electron chi connectivity index (χ4n) is 6.57. The van der Waals surface area contributed by atoms with Gasteiger partial charge >= 0.3 is 5.97 Å². The third kappa shape index (κ3) is 1.82. The summed E-state index contributed by atoms with van der Waals surface area (Å²) in [4.78, 5) is 15.3. The van der Waals surface area contributed by atoms with Crippen molar-refractivity contribution in [3.05, 3.63) is 29.5 Å². The Labute approximate surface area is 153 Å². The smallest absolute Gasteiger partial charge is 0.317 e. The number of carbonyl (C=O) groups is 1. The first kappa shape index (κ1) is 16.2. The average Bonchev–Trinajstić information content (AvgIpc) is 2.84. The van der Waals surface area contributed by atoms with Crippen LogP contribution >= 0.6 is 0 Å². The summed E-state index contributed by atoms with van der Waals surface area (Å²) in [6.07, 6.45) is 3.79. The summed E-state index contributed by atoms with van der Waals surface area (Å²) in [5.74, 6) is 0.471. The number of carboxylic acid groups (broad SMARTS) is 1. The number of carboxylic acids is 1. The standard InChI is InChI=1S/C21H26N2O3/c1-3-13-8-12-10-21(20(25)26)18(13)23(11-12)7-6-15-16-9-14(24)4-5-17(16)22(2)19(15)21/h4-5,9,12-13,18,24H,3,6-8,10-11H2,1-2H3,(H,25,26)/t12-,13?,18?,21-/m0/s1. The molecule has 0 spiro atoms. The topological polar surface area (TPSA) is 65.7 Å². The first-order chi connectivity index (χ1) is 12.5. The molecular weight excluding hydrogens is 328 g/mol. The number of phenols is 1. The zero-order valence-electron chi connectivity index (χ0n) is 15.4. The van der Waals surface area contributed by atoms with Gasteiger partial charge in [-0.25, -0.2) is 0 Å². The van der Waals surface area contributed by atoms with Crippen molar-refractivity contribution in [3.63, 3.8) is 0 Å². The summed E-state index contributed by atoms with van der Waals surface area (Å²) in [6, 6.07) is 5.51. The highest BCUT2D eigenvalue weighted by molar-refractivity contribution is 5.92. The van der Waals surface area contributed by atoms with Gasteiger partial charge in [0.1, 0.15) is 11.2 Å². The molecule has 26 heavy (non-hydrogen) atoms. The van der Waals surface area contributed by atoms with Crippen LogP contribution in [0.4, 0.5) is 0 Å². The quantitative estimate of drug-likeness (QED) is 0.870. The zero-order chi connectivity index (χ0) is 18.2. The van der Waals surface area contributed by atoms with Crippen LogP contribution in [0, 0.1) is 11.8 Å². The Bertz CT molecular complexity index is 918. The summed E-state index contributed by atoms with van der Waals surface area (Å²) in [6.45, 7) is 4.15. The number of aryl methyl sites for hydroxylation is 1. The van der Waals surface area contributed by atoms with Crippen LogP contribution in [-0.2, 0) is 23.7 Å². The van der Waals surface area contributed by atoms with Crippen LogP contribution in [0.1, 0.15) is 37.4 Å². The van der Waals surface area contributed by atoms with E-state index in [1.807, 2.05) is 19.2 Å². The van der Waals surface area contributed by atoms with Crippen molar-refractivity contribution in [1.29, 1.82) is 0 Å². The maximum absolute atomic E-state index is 12.9. The second kappa shape index (κ2) is 5.26. The Hall–Kier alpha value is -2.01. The maximum atomic E-state index is 12.9. The maximum Gasteiger partial charge on any atom is 0.317 e. The van der Waals surface area contributed by atoms with E-state index in [4.69, 9.17) is 0 Å². The van der Waals surface area contributed by atoms with Gasteiger partial charge in [0.2, 0.25) is 0 Å². The van der Waals surface area contributed by atoms with Crippen molar-refractivity contribution in [1.82, 2.24) is 9.47 Å². The third-order valence-electron chi connectivity index (χ3n) is 7.35. The minimum absolute atomic E-state index is 0.0767. The first-order valence-electron chi connectivity index (χ1n) is 9.75. The molecule has 0 amide bonds. The Balaban J connectivity index is 1.86. The van der Waals surface area contributed by atoms with Gasteiger partial charge in [-0.1, -0.05) is 13.3 Å². The van der Waals surface area contributed by atoms with Crippen LogP contribution in [0.2, 0.25) is 0 Å². The lowest BCUT2D eigenvalue weighted by molar-refractivity contribution is -0.158. The van der Waals surface area contributed by atoms with Crippen molar-refractivity contribution >= 4 is 16.9 Å². The number of hydrogen-bond acceptors (Lipinski definition) is 3. The number of rotatable bonds is 2. The Morgan fingerprint density at radius 1 is 1.38 bits per heavy atom. The fraction of sp³-hybridized carbons (Fsp3) is 0.571. The highest BCUT2D eigenvalue weighted by Gasteiger charge is 2.62. The third-order valence-corrected chi connectivity index (χ3v) is 7.35. The second-order valence-corrected chi connectivity index (χ2v) is 8.53. The van der Waals surface area contributed by atoms with Gasteiger partial charge in [-0.2, -0.15) is 0 Å². The lowest BCUT2D eigenvalue weighted by atomic mass is 9.56. The molecule has 3 fully saturated rings. The number of fused-ring (bicyclic) bond motifs is 4. The van der Waals surface area contributed by atoms with Crippen LogP contribution in [0.5, 0.6) is 5.75 Å². The van der Waals surface area contributed by atoms with Gasteiger partial charge in [0.05, 0.1) is 0 Å². The van der Waals surface area contributed by atoms with Gasteiger partial charge < -0.3 is 14.8 Å². The molecular formula is C21H26N2O3. The summed E-state index contributed by atoms with van der Waals surface area (Å²) >= 11 is 0. The lowest BCUT2D eigenvalue weighted by Crippen LogP contribution is -2.67. The van der Waals surface area contributed by atoms with E-state index in [-0.39, 0.29) is 11.8 Å². The Morgan fingerprint density at radius 3 is 2.92 bits per heavy atom. The molecule has 1 aliphatic carbocycles. The van der Waals surface area contributed by atoms with Crippen LogP contribution < -0.4 is 0 Å². The van der Waals surface area contributed by atoms with E-state index < -0.39 is 11.4 Å². The van der Waals surface area contributed by atoms with E-state index in [0.29, 0.717) is 11.8 Å². The Kier molecular flexibility index (Phi) is 3.27. The summed E-state index contributed by atoms with van der Waals surface area (Å²) in [5, 5.41) is 21.6. The number of aromatic nitrogens is 1. The summed E-state index contributed by atoms with van der Waals surface area (Å²) < 4.78 is 2.11. The van der Waals surface area contributed by atoms with E-state index in [0.717, 1.165) is 60.9 Å². The largest absolute Gasteiger partial charge is 0.508 e. The van der Waals surface area contributed by atoms with Crippen molar-refractivity contribution in [2.75, 3.05) is 13.1 Å². The first-order valence-corrected chi connectivity index (χ1v) is 9.75. The van der Waals surface area contributed by atoms with Crippen LogP contribution in [0.25, 0.3) is 10.9 Å². The lowest BCUT2D eigenvalue weighted by Gasteiger charge is -2.57. The molecule has 4 heterocycles. The number of aliphatic carboxylic acids is 1. The van der Waals surface area contributed by atoms with Gasteiger partial charge in [0.25, 0.3) is 0 Å². The monoisotopic (exact) mass is 354 g/mol. The van der Waals surface area contributed by atoms with Gasteiger partial charge in [0, 0.05) is 42.8 Å². The van der Waals surface area contributed by atoms with Gasteiger partial charge in [-0.05, 0) is 54.9 Å². The van der Waals surface area contributed by atoms with E-state index in [1.54, 1.807) is 6.07 Å². The number of benzene rings is 1. The normalized spacial score (nSPS) is 35.3. The molecule has 0 radical (unpaired) electrons. The van der Waals surface area contributed by atoms with Gasteiger partial charge in [-0.3, -0.25) is 9.69 Å². The molecule has 1 aromatic heterocycles. The number of phenolic OH excluding ortho intramolecular Hbond substituents is 1. The van der Waals surface area contributed by atoms with Crippen LogP contribution in [-0.4, -0.2) is 44.8 Å². The second-order valence-electron chi connectivity index (χ2n) is 8.53. The summed E-state index contributed by atoms with van der Waals surface area (Å²) in [5.41, 5.74) is 2.31. The molecule has 5 heteroatoms. The number of hydrogen-bond donors (Lipinski definition) is 2. The molecule has 2 saturated heterocycles. The molecule has 138 valence electrons. The molecule has 4 aliphatic rings. The predicted octanol–water partition coefficient (Wildman–Crippen LogP) is 2.88. The molecule has 2 aromatic rings. The molecule has 3 unspecified atom stereocenters. The van der Waals surface area contributed by atoms with Crippen molar-refractivity contribution < 1.29 is 15.0 Å². The van der Waals surface area contributed by atoms with E-state index in [1.165, 1.54) is 0 Å². The molecule has 6 rings (SSSR count). The van der Waals surface area contributed by atoms with E-state index in [9.17, 15) is 15.0 Å². The van der Waals surface area contributed by atoms with E-state index in [2.05, 4.69) is 16.4 Å². The van der Waals surface area contributed by atoms with Crippen LogP contribution in [0.15, 0.2) is 18.2 Å². The number of aromatic hydroxyl groups is 1. The fourth-order valence-corrected chi connectivity index (χ4v) is 6.57. The van der Waals surface area contributed by atoms with Crippen molar-refractivity contribution in [2.24, 2.45) is 18.9 Å². The predicted molar refractivity (Wildman–Crippen MR) is 99.5 cm³/mol. The number of piperidine rings is 2. The van der Waals surface area contributed by atoms with Gasteiger partial charge in [0.15, 0.2) is 0 Å². The van der Waals surface area contributed by atoms with Crippen LogP contribution in [0.3, 0.4) is 0 Å². The molecule has 1 aromatic carbocycles. The van der Waals surface area contributed by atoms with E-state index >= 15 is 0 Å². The summed E-state index contributed by atoms with van der Waals surface area (Å²) in [7, 11) is 2.00. The molecule has 2 N–H and O–H groups in total. The molecule has 5 atom stereocenters. The van der Waals surface area contributed by atoms with Crippen molar-refractivity contribution in [2.45, 2.75) is 44.1 Å². The van der Waals surface area contributed by atoms with Gasteiger partial charge in [-0.15, -0.1) is 0 Å². The molecule has 4 bridgehead atoms. The highest BCUT2D eigenvalue weighted by Crippen LogP contribution is 2.55. The molecule has 1 saturated carbocycles. The highest BCUT2D eigenvalue weighted by atomic mass is 16.4.